The lowest BCUT2D eigenvalue weighted by Crippen LogP contribution is -2.13. The van der Waals surface area contributed by atoms with E-state index in [9.17, 15) is 0 Å². The van der Waals surface area contributed by atoms with Gasteiger partial charge in [-0.15, -0.1) is 0 Å². The summed E-state index contributed by atoms with van der Waals surface area (Å²) in [5.74, 6) is 0.925. The Hall–Kier alpha value is -1.87. The van der Waals surface area contributed by atoms with Gasteiger partial charge in [0.2, 0.25) is 0 Å². The van der Waals surface area contributed by atoms with Gasteiger partial charge in [0.05, 0.1) is 0 Å². The first-order chi connectivity index (χ1) is 8.59. The topological polar surface area (TPSA) is 42.1 Å². The van der Waals surface area contributed by atoms with Crippen LogP contribution in [0.5, 0.6) is 0 Å². The third-order valence-corrected chi connectivity index (χ3v) is 3.12. The third kappa shape index (κ3) is 2.51. The predicted octanol–water partition coefficient (Wildman–Crippen LogP) is 3.18. The Kier molecular flexibility index (Phi) is 3.63. The normalized spacial score (nSPS) is 12.2. The van der Waals surface area contributed by atoms with Crippen molar-refractivity contribution < 1.29 is 0 Å². The minimum atomic E-state index is 0.0234. The van der Waals surface area contributed by atoms with E-state index < -0.39 is 0 Å². The Balaban J connectivity index is 2.29. The quantitative estimate of drug-likeness (QED) is 0.897. The van der Waals surface area contributed by atoms with Crippen molar-refractivity contribution >= 4 is 11.5 Å². The first-order valence-electron chi connectivity index (χ1n) is 6.10. The van der Waals surface area contributed by atoms with E-state index in [0.29, 0.717) is 0 Å². The molecule has 0 saturated heterocycles. The maximum atomic E-state index is 5.82. The van der Waals surface area contributed by atoms with Crippen LogP contribution in [-0.4, -0.2) is 12.0 Å². The van der Waals surface area contributed by atoms with Crippen LogP contribution in [0.1, 0.15) is 24.1 Å². The van der Waals surface area contributed by atoms with Crippen molar-refractivity contribution in [3.05, 3.63) is 53.7 Å². The molecule has 18 heavy (non-hydrogen) atoms. The number of benzene rings is 1. The molecule has 0 bridgehead atoms. The van der Waals surface area contributed by atoms with Crippen molar-refractivity contribution in [1.29, 1.82) is 0 Å². The van der Waals surface area contributed by atoms with Crippen molar-refractivity contribution in [3.63, 3.8) is 0 Å². The highest BCUT2D eigenvalue weighted by Gasteiger charge is 2.08. The minimum Gasteiger partial charge on any atom is -0.329 e. The van der Waals surface area contributed by atoms with Crippen LogP contribution in [0.15, 0.2) is 42.6 Å². The maximum Gasteiger partial charge on any atom is 0.132 e. The molecule has 1 atom stereocenters. The molecule has 2 rings (SSSR count). The molecule has 0 aliphatic carbocycles. The predicted molar refractivity (Wildman–Crippen MR) is 76.1 cm³/mol. The van der Waals surface area contributed by atoms with Gasteiger partial charge in [-0.05, 0) is 37.1 Å². The van der Waals surface area contributed by atoms with E-state index in [-0.39, 0.29) is 6.04 Å². The maximum absolute atomic E-state index is 5.82. The van der Waals surface area contributed by atoms with Gasteiger partial charge in [-0.1, -0.05) is 24.3 Å². The zero-order chi connectivity index (χ0) is 13.1. The van der Waals surface area contributed by atoms with Crippen LogP contribution in [-0.2, 0) is 0 Å². The summed E-state index contributed by atoms with van der Waals surface area (Å²) in [5, 5.41) is 0. The van der Waals surface area contributed by atoms with Gasteiger partial charge in [-0.25, -0.2) is 4.98 Å². The number of nitrogens with two attached hydrogens (primary N) is 1. The van der Waals surface area contributed by atoms with Crippen LogP contribution >= 0.6 is 0 Å². The van der Waals surface area contributed by atoms with Crippen molar-refractivity contribution in [3.8, 4) is 0 Å². The standard InChI is InChI=1S/C15H19N3/c1-11-6-4-5-7-14(11)18(3)15-9-8-13(10-17-15)12(2)16/h4-10,12H,16H2,1-3H3/t12-/m0/s1. The monoisotopic (exact) mass is 241 g/mol. The van der Waals surface area contributed by atoms with Gasteiger partial charge in [0.1, 0.15) is 5.82 Å². The largest absolute Gasteiger partial charge is 0.329 e. The van der Waals surface area contributed by atoms with Gasteiger partial charge < -0.3 is 10.6 Å². The molecule has 0 radical (unpaired) electrons. The summed E-state index contributed by atoms with van der Waals surface area (Å²) in [6, 6.07) is 12.3. The number of rotatable bonds is 3. The Morgan fingerprint density at radius 2 is 1.89 bits per heavy atom. The highest BCUT2D eigenvalue weighted by Crippen LogP contribution is 2.25. The van der Waals surface area contributed by atoms with Crippen LogP contribution in [0.4, 0.5) is 11.5 Å². The summed E-state index contributed by atoms with van der Waals surface area (Å²) in [4.78, 5) is 6.55. The van der Waals surface area contributed by atoms with E-state index >= 15 is 0 Å². The molecule has 1 aromatic heterocycles. The van der Waals surface area contributed by atoms with Crippen LogP contribution in [0, 0.1) is 6.92 Å². The number of pyridine rings is 1. The van der Waals surface area contributed by atoms with E-state index in [2.05, 4.69) is 28.9 Å². The van der Waals surface area contributed by atoms with Crippen molar-refractivity contribution in [1.82, 2.24) is 4.98 Å². The molecule has 94 valence electrons. The average Bonchev–Trinajstić information content (AvgIpc) is 2.38. The molecule has 0 spiro atoms. The summed E-state index contributed by atoms with van der Waals surface area (Å²) < 4.78 is 0. The second kappa shape index (κ2) is 5.19. The van der Waals surface area contributed by atoms with Crippen LogP contribution < -0.4 is 10.6 Å². The van der Waals surface area contributed by atoms with Crippen molar-refractivity contribution in [2.24, 2.45) is 5.73 Å². The van der Waals surface area contributed by atoms with Gasteiger partial charge in [-0.3, -0.25) is 0 Å². The summed E-state index contributed by atoms with van der Waals surface area (Å²) in [6.45, 7) is 4.06. The minimum absolute atomic E-state index is 0.0234. The number of hydrogen-bond donors (Lipinski definition) is 1. The smallest absolute Gasteiger partial charge is 0.132 e. The van der Waals surface area contributed by atoms with E-state index in [1.54, 1.807) is 0 Å². The number of aryl methyl sites for hydroxylation is 1. The second-order valence-electron chi connectivity index (χ2n) is 4.58. The fraction of sp³-hybridized carbons (Fsp3) is 0.267. The first-order valence-corrected chi connectivity index (χ1v) is 6.10. The molecule has 0 saturated carbocycles. The van der Waals surface area contributed by atoms with E-state index in [1.807, 2.05) is 44.4 Å². The molecular formula is C15H19N3. The molecule has 2 aromatic rings. The highest BCUT2D eigenvalue weighted by atomic mass is 15.2. The Morgan fingerprint density at radius 3 is 2.44 bits per heavy atom. The summed E-state index contributed by atoms with van der Waals surface area (Å²) in [7, 11) is 2.02. The molecule has 3 heteroatoms. The SMILES string of the molecule is Cc1ccccc1N(C)c1ccc([C@H](C)N)cn1. The summed E-state index contributed by atoms with van der Waals surface area (Å²) in [5.41, 5.74) is 9.27. The Bertz CT molecular complexity index is 518. The molecule has 0 fully saturated rings. The lowest BCUT2D eigenvalue weighted by Gasteiger charge is -2.20. The highest BCUT2D eigenvalue weighted by molar-refractivity contribution is 5.62. The molecule has 0 amide bonds. The Morgan fingerprint density at radius 1 is 1.17 bits per heavy atom. The van der Waals surface area contributed by atoms with E-state index in [0.717, 1.165) is 11.4 Å². The van der Waals surface area contributed by atoms with Crippen LogP contribution in [0.3, 0.4) is 0 Å². The van der Waals surface area contributed by atoms with Gasteiger partial charge in [0.25, 0.3) is 0 Å². The van der Waals surface area contributed by atoms with Crippen molar-refractivity contribution in [2.45, 2.75) is 19.9 Å². The number of aromatic nitrogens is 1. The molecule has 0 aliphatic heterocycles. The van der Waals surface area contributed by atoms with E-state index in [4.69, 9.17) is 5.73 Å². The molecule has 3 nitrogen and oxygen atoms in total. The number of hydrogen-bond acceptors (Lipinski definition) is 3. The molecule has 2 N–H and O–H groups in total. The lowest BCUT2D eigenvalue weighted by molar-refractivity contribution is 0.811. The van der Waals surface area contributed by atoms with Crippen molar-refractivity contribution in [2.75, 3.05) is 11.9 Å². The zero-order valence-corrected chi connectivity index (χ0v) is 11.1. The lowest BCUT2D eigenvalue weighted by atomic mass is 10.1. The first kappa shape index (κ1) is 12.6. The fourth-order valence-electron chi connectivity index (χ4n) is 1.93. The summed E-state index contributed by atoms with van der Waals surface area (Å²) in [6.07, 6.45) is 1.84. The van der Waals surface area contributed by atoms with Gasteiger partial charge in [0.15, 0.2) is 0 Å². The molecule has 0 aliphatic rings. The third-order valence-electron chi connectivity index (χ3n) is 3.12. The average molecular weight is 241 g/mol. The molecular weight excluding hydrogens is 222 g/mol. The number of para-hydroxylation sites is 1. The van der Waals surface area contributed by atoms with E-state index in [1.165, 1.54) is 11.3 Å². The second-order valence-corrected chi connectivity index (χ2v) is 4.58. The number of anilines is 2. The zero-order valence-electron chi connectivity index (χ0n) is 11.1. The van der Waals surface area contributed by atoms with Gasteiger partial charge >= 0.3 is 0 Å². The fourth-order valence-corrected chi connectivity index (χ4v) is 1.93. The molecule has 0 unspecified atom stereocenters. The summed E-state index contributed by atoms with van der Waals surface area (Å²) >= 11 is 0. The van der Waals surface area contributed by atoms with Gasteiger partial charge in [0, 0.05) is 25.0 Å². The molecule has 1 aromatic carbocycles. The van der Waals surface area contributed by atoms with Crippen LogP contribution in [0.25, 0.3) is 0 Å². The van der Waals surface area contributed by atoms with Gasteiger partial charge in [-0.2, -0.15) is 0 Å². The number of nitrogens with zero attached hydrogens (tertiary/aromatic N) is 2. The van der Waals surface area contributed by atoms with Crippen LogP contribution in [0.2, 0.25) is 0 Å². The molecule has 1 heterocycles. The Labute approximate surface area is 108 Å².